The van der Waals surface area contributed by atoms with Gasteiger partial charge < -0.3 is 19.8 Å². The normalized spacial score (nSPS) is 11.4. The predicted molar refractivity (Wildman–Crippen MR) is 225 cm³/mol. The fourth-order valence-corrected chi connectivity index (χ4v) is 7.66. The van der Waals surface area contributed by atoms with Gasteiger partial charge in [-0.05, 0) is 97.8 Å². The van der Waals surface area contributed by atoms with E-state index in [-0.39, 0.29) is 5.75 Å². The number of nitrogens with one attached hydrogen (secondary N) is 2. The molecule has 0 aliphatic rings. The van der Waals surface area contributed by atoms with E-state index in [2.05, 4.69) is 49.2 Å². The van der Waals surface area contributed by atoms with Gasteiger partial charge in [-0.1, -0.05) is 71.7 Å². The summed E-state index contributed by atoms with van der Waals surface area (Å²) in [5, 5.41) is 16.4. The highest BCUT2D eigenvalue weighted by Crippen LogP contribution is 2.38. The number of phenols is 1. The molecule has 10 aromatic rings. The summed E-state index contributed by atoms with van der Waals surface area (Å²) in [6.07, 6.45) is 3.65. The Kier molecular flexibility index (Phi) is 8.81. The Morgan fingerprint density at radius 2 is 1.13 bits per heavy atom. The molecule has 0 atom stereocenters. The Morgan fingerprint density at radius 1 is 0.582 bits per heavy atom. The van der Waals surface area contributed by atoms with Crippen LogP contribution < -0.4 is 4.74 Å². The molecule has 10 rings (SSSR count). The van der Waals surface area contributed by atoms with Crippen molar-refractivity contribution in [1.82, 2.24) is 24.9 Å². The molecule has 268 valence electrons. The van der Waals surface area contributed by atoms with E-state index in [1.807, 2.05) is 111 Å². The maximum atomic E-state index is 9.48. The number of benzene rings is 5. The van der Waals surface area contributed by atoms with Crippen LogP contribution in [0, 0.1) is 13.8 Å². The third-order valence-electron chi connectivity index (χ3n) is 9.95. The highest BCUT2D eigenvalue weighted by molar-refractivity contribution is 6.33. The summed E-state index contributed by atoms with van der Waals surface area (Å²) < 4.78 is 6.00. The molecule has 0 amide bonds. The molecule has 5 aromatic carbocycles. The van der Waals surface area contributed by atoms with Crippen molar-refractivity contribution in [3.63, 3.8) is 0 Å². The largest absolute Gasteiger partial charge is 0.508 e. The second-order valence-corrected chi connectivity index (χ2v) is 14.4. The SMILES string of the molecule is Cc1nccc2c1[nH]c1c(-c3ccc(O)cc3)cc(Cl)cc12.Cc1nccc2c1[nH]c1c(-c3ccc(OCc4ccc5ccccc5n4)cc3)cc(Cl)cc12. The van der Waals surface area contributed by atoms with Crippen molar-refractivity contribution in [2.75, 3.05) is 0 Å². The summed E-state index contributed by atoms with van der Waals surface area (Å²) in [5.74, 6) is 1.04. The number of rotatable bonds is 5. The van der Waals surface area contributed by atoms with Crippen LogP contribution in [-0.4, -0.2) is 30.0 Å². The van der Waals surface area contributed by atoms with Crippen LogP contribution in [0.15, 0.2) is 134 Å². The number of aryl methyl sites for hydroxylation is 2. The van der Waals surface area contributed by atoms with E-state index in [1.165, 1.54) is 0 Å². The van der Waals surface area contributed by atoms with Gasteiger partial charge in [0.1, 0.15) is 18.1 Å². The van der Waals surface area contributed by atoms with Crippen LogP contribution in [0.2, 0.25) is 10.0 Å². The average Bonchev–Trinajstić information content (AvgIpc) is 3.77. The first-order valence-corrected chi connectivity index (χ1v) is 18.5. The number of hydrogen-bond acceptors (Lipinski definition) is 5. The van der Waals surface area contributed by atoms with E-state index < -0.39 is 0 Å². The van der Waals surface area contributed by atoms with Crippen molar-refractivity contribution < 1.29 is 9.84 Å². The van der Waals surface area contributed by atoms with Gasteiger partial charge in [0.25, 0.3) is 0 Å². The van der Waals surface area contributed by atoms with Crippen LogP contribution in [0.5, 0.6) is 11.5 Å². The lowest BCUT2D eigenvalue weighted by Crippen LogP contribution is -1.98. The maximum absolute atomic E-state index is 9.48. The van der Waals surface area contributed by atoms with Gasteiger partial charge in [-0.3, -0.25) is 9.97 Å². The molecule has 0 spiro atoms. The fourth-order valence-electron chi connectivity index (χ4n) is 7.23. The summed E-state index contributed by atoms with van der Waals surface area (Å²) in [6, 6.07) is 39.3. The summed E-state index contributed by atoms with van der Waals surface area (Å²) >= 11 is 12.8. The number of fused-ring (bicyclic) bond motifs is 7. The lowest BCUT2D eigenvalue weighted by Gasteiger charge is -2.09. The molecule has 3 N–H and O–H groups in total. The monoisotopic (exact) mass is 757 g/mol. The maximum Gasteiger partial charge on any atom is 0.130 e. The summed E-state index contributed by atoms with van der Waals surface area (Å²) in [6.45, 7) is 4.41. The van der Waals surface area contributed by atoms with Crippen LogP contribution in [-0.2, 0) is 6.61 Å². The van der Waals surface area contributed by atoms with Gasteiger partial charge in [0.2, 0.25) is 0 Å². The zero-order valence-corrected chi connectivity index (χ0v) is 31.4. The van der Waals surface area contributed by atoms with Crippen molar-refractivity contribution in [3.05, 3.63) is 161 Å². The number of hydrogen-bond donors (Lipinski definition) is 3. The number of pyridine rings is 3. The van der Waals surface area contributed by atoms with E-state index in [4.69, 9.17) is 27.9 Å². The Bertz CT molecular complexity index is 3040. The molecule has 9 heteroatoms. The van der Waals surface area contributed by atoms with Gasteiger partial charge in [0.05, 0.1) is 44.7 Å². The standard InChI is InChI=1S/C28H20ClN3O.C18H13ClN2O/c1-17-27-23(12-13-30-17)25-15-20(29)14-24(28(25)32-27)18-7-10-22(11-8-18)33-16-21-9-6-19-4-2-3-5-26(19)31-21;1-10-17-14(6-7-20-10)16-9-12(19)8-15(18(16)21-17)11-2-4-13(22)5-3-11/h2-15,32H,16H2,1H3;2-9,21-22H,1H3. The minimum atomic E-state index is 0.249. The lowest BCUT2D eigenvalue weighted by atomic mass is 10.0. The first-order valence-electron chi connectivity index (χ1n) is 17.8. The molecule has 5 heterocycles. The van der Waals surface area contributed by atoms with Gasteiger partial charge >= 0.3 is 0 Å². The zero-order valence-electron chi connectivity index (χ0n) is 29.9. The minimum Gasteiger partial charge on any atom is -0.508 e. The van der Waals surface area contributed by atoms with Crippen LogP contribution >= 0.6 is 23.2 Å². The van der Waals surface area contributed by atoms with Crippen LogP contribution in [0.1, 0.15) is 17.1 Å². The highest BCUT2D eigenvalue weighted by Gasteiger charge is 2.15. The van der Waals surface area contributed by atoms with Crippen molar-refractivity contribution in [2.24, 2.45) is 0 Å². The number of aromatic nitrogens is 5. The summed E-state index contributed by atoms with van der Waals surface area (Å²) in [7, 11) is 0. The number of aromatic amines is 2. The summed E-state index contributed by atoms with van der Waals surface area (Å²) in [4.78, 5) is 20.5. The number of ether oxygens (including phenoxy) is 1. The van der Waals surface area contributed by atoms with E-state index >= 15 is 0 Å². The number of aromatic hydroxyl groups is 1. The Morgan fingerprint density at radius 3 is 1.71 bits per heavy atom. The number of para-hydroxylation sites is 1. The van der Waals surface area contributed by atoms with E-state index in [9.17, 15) is 5.11 Å². The average molecular weight is 759 g/mol. The van der Waals surface area contributed by atoms with Crippen LogP contribution in [0.25, 0.3) is 76.8 Å². The molecule has 0 aliphatic heterocycles. The van der Waals surface area contributed by atoms with Gasteiger partial charge in [0, 0.05) is 60.5 Å². The Hall–Kier alpha value is -6.41. The van der Waals surface area contributed by atoms with Crippen LogP contribution in [0.4, 0.5) is 0 Å². The first-order chi connectivity index (χ1) is 26.8. The number of nitrogens with zero attached hydrogens (tertiary/aromatic N) is 3. The fraction of sp³-hybridized carbons (Fsp3) is 0.0652. The second-order valence-electron chi connectivity index (χ2n) is 13.5. The topological polar surface area (TPSA) is 99.7 Å². The summed E-state index contributed by atoms with van der Waals surface area (Å²) in [5.41, 5.74) is 12.1. The minimum absolute atomic E-state index is 0.249. The quantitative estimate of drug-likeness (QED) is 0.162. The molecular weight excluding hydrogens is 725 g/mol. The van der Waals surface area contributed by atoms with Crippen molar-refractivity contribution in [3.8, 4) is 33.8 Å². The van der Waals surface area contributed by atoms with Gasteiger partial charge in [-0.15, -0.1) is 0 Å². The van der Waals surface area contributed by atoms with E-state index in [1.54, 1.807) is 12.1 Å². The molecule has 5 aromatic heterocycles. The molecule has 0 bridgehead atoms. The van der Waals surface area contributed by atoms with Crippen molar-refractivity contribution in [2.45, 2.75) is 20.5 Å². The Labute approximate surface area is 326 Å². The molecule has 0 unspecified atom stereocenters. The first kappa shape index (κ1) is 34.4. The van der Waals surface area contributed by atoms with E-state index in [0.717, 1.165) is 99.6 Å². The van der Waals surface area contributed by atoms with Crippen molar-refractivity contribution >= 4 is 77.7 Å². The lowest BCUT2D eigenvalue weighted by molar-refractivity contribution is 0.302. The van der Waals surface area contributed by atoms with Gasteiger partial charge in [-0.2, -0.15) is 0 Å². The second kappa shape index (κ2) is 14.1. The predicted octanol–water partition coefficient (Wildman–Crippen LogP) is 12.5. The smallest absolute Gasteiger partial charge is 0.130 e. The van der Waals surface area contributed by atoms with Crippen molar-refractivity contribution in [1.29, 1.82) is 0 Å². The number of H-pyrrole nitrogens is 2. The third-order valence-corrected chi connectivity index (χ3v) is 10.4. The van der Waals surface area contributed by atoms with Crippen LogP contribution in [0.3, 0.4) is 0 Å². The van der Waals surface area contributed by atoms with Gasteiger partial charge in [-0.25, -0.2) is 4.98 Å². The Balaban J connectivity index is 0.000000157. The third kappa shape index (κ3) is 6.58. The van der Waals surface area contributed by atoms with E-state index in [0.29, 0.717) is 16.7 Å². The molecular formula is C46H33Cl2N5O2. The molecule has 7 nitrogen and oxygen atoms in total. The zero-order chi connectivity index (χ0) is 37.6. The number of halogens is 2. The molecule has 0 saturated carbocycles. The molecule has 0 fully saturated rings. The molecule has 0 saturated heterocycles. The molecule has 55 heavy (non-hydrogen) atoms. The number of phenolic OH excluding ortho intramolecular Hbond substituents is 1. The molecule has 0 radical (unpaired) electrons. The highest BCUT2D eigenvalue weighted by atomic mass is 35.5. The molecule has 0 aliphatic carbocycles. The van der Waals surface area contributed by atoms with Gasteiger partial charge in [0.15, 0.2) is 0 Å².